The maximum absolute atomic E-state index is 12.3. The molecule has 0 atom stereocenters. The van der Waals surface area contributed by atoms with E-state index in [1.54, 1.807) is 18.2 Å². The van der Waals surface area contributed by atoms with Crippen LogP contribution in [0.5, 0.6) is 11.5 Å². The Bertz CT molecular complexity index is 660. The van der Waals surface area contributed by atoms with Gasteiger partial charge in [0.15, 0.2) is 11.5 Å². The van der Waals surface area contributed by atoms with Crippen molar-refractivity contribution in [1.29, 1.82) is 0 Å². The number of aliphatic carboxylic acids is 1. The Kier molecular flexibility index (Phi) is 6.05. The van der Waals surface area contributed by atoms with Gasteiger partial charge in [-0.25, -0.2) is 0 Å². The summed E-state index contributed by atoms with van der Waals surface area (Å²) in [6, 6.07) is 3.36. The smallest absolute Gasteiger partial charge is 0.323 e. The molecule has 130 valence electrons. The zero-order valence-electron chi connectivity index (χ0n) is 13.5. The van der Waals surface area contributed by atoms with Crippen molar-refractivity contribution in [3.63, 3.8) is 0 Å². The highest BCUT2D eigenvalue weighted by Gasteiger charge is 2.18. The summed E-state index contributed by atoms with van der Waals surface area (Å²) in [7, 11) is 3.71. The zero-order valence-corrected chi connectivity index (χ0v) is 14.2. The van der Waals surface area contributed by atoms with Crippen molar-refractivity contribution < 1.29 is 24.2 Å². The second-order valence-corrected chi connectivity index (χ2v) is 5.93. The van der Waals surface area contributed by atoms with E-state index in [0.29, 0.717) is 35.2 Å². The van der Waals surface area contributed by atoms with Gasteiger partial charge in [0.1, 0.15) is 6.54 Å². The molecule has 0 spiro atoms. The fraction of sp³-hybridized carbons (Fsp3) is 0.375. The lowest BCUT2D eigenvalue weighted by Crippen LogP contribution is -2.39. The van der Waals surface area contributed by atoms with E-state index in [1.807, 2.05) is 19.0 Å². The summed E-state index contributed by atoms with van der Waals surface area (Å²) in [5.41, 5.74) is 0.667. The molecule has 0 radical (unpaired) electrons. The van der Waals surface area contributed by atoms with Crippen LogP contribution < -0.4 is 9.47 Å². The zero-order chi connectivity index (χ0) is 17.7. The number of likely N-dealkylation sites (N-methyl/N-ethyl adjacent to an activating group) is 1. The third-order valence-electron chi connectivity index (χ3n) is 3.32. The molecule has 1 aliphatic heterocycles. The first-order valence-electron chi connectivity index (χ1n) is 7.29. The van der Waals surface area contributed by atoms with Crippen LogP contribution in [0.4, 0.5) is 0 Å². The van der Waals surface area contributed by atoms with Gasteiger partial charge in [0.2, 0.25) is 12.7 Å². The number of carbonyl (C=O) groups excluding carboxylic acids is 1. The molecule has 1 aromatic carbocycles. The molecule has 0 aromatic heterocycles. The first-order chi connectivity index (χ1) is 11.4. The minimum atomic E-state index is -1.05. The molecular formula is C16H19ClN2O5. The standard InChI is InChI=1S/C16H19ClN2O5/c1-18(2)5-6-19(9-15(21)22)14(20)4-3-11-7-12(17)16-13(8-11)23-10-24-16/h3-4,7-8H,5-6,9-10H2,1-2H3,(H,21,22). The van der Waals surface area contributed by atoms with Gasteiger partial charge in [0.05, 0.1) is 5.02 Å². The number of halogens is 1. The normalized spacial score (nSPS) is 12.8. The predicted molar refractivity (Wildman–Crippen MR) is 89.4 cm³/mol. The number of carboxylic acids is 1. The topological polar surface area (TPSA) is 79.3 Å². The van der Waals surface area contributed by atoms with Crippen molar-refractivity contribution in [2.45, 2.75) is 0 Å². The Labute approximate surface area is 145 Å². The van der Waals surface area contributed by atoms with Crippen molar-refractivity contribution in [3.05, 3.63) is 28.8 Å². The number of nitrogens with zero attached hydrogens (tertiary/aromatic N) is 2. The summed E-state index contributed by atoms with van der Waals surface area (Å²) >= 11 is 6.09. The van der Waals surface area contributed by atoms with Crippen molar-refractivity contribution in [3.8, 4) is 11.5 Å². The van der Waals surface area contributed by atoms with Gasteiger partial charge < -0.3 is 24.4 Å². The molecule has 24 heavy (non-hydrogen) atoms. The van der Waals surface area contributed by atoms with E-state index < -0.39 is 5.97 Å². The van der Waals surface area contributed by atoms with Gasteiger partial charge in [-0.2, -0.15) is 0 Å². The molecule has 0 fully saturated rings. The molecule has 0 saturated heterocycles. The van der Waals surface area contributed by atoms with Crippen LogP contribution in [-0.2, 0) is 9.59 Å². The Balaban J connectivity index is 2.09. The Morgan fingerprint density at radius 3 is 2.71 bits per heavy atom. The molecule has 0 aliphatic carbocycles. The number of fused-ring (bicyclic) bond motifs is 1. The molecule has 0 unspecified atom stereocenters. The van der Waals surface area contributed by atoms with E-state index in [1.165, 1.54) is 11.0 Å². The van der Waals surface area contributed by atoms with Crippen LogP contribution in [0.1, 0.15) is 5.56 Å². The third kappa shape index (κ3) is 4.87. The van der Waals surface area contributed by atoms with Crippen LogP contribution in [0.2, 0.25) is 5.02 Å². The van der Waals surface area contributed by atoms with Gasteiger partial charge in [0, 0.05) is 19.2 Å². The van der Waals surface area contributed by atoms with Gasteiger partial charge in [0.25, 0.3) is 0 Å². The van der Waals surface area contributed by atoms with Crippen molar-refractivity contribution in [2.24, 2.45) is 0 Å². The Morgan fingerprint density at radius 1 is 1.29 bits per heavy atom. The van der Waals surface area contributed by atoms with Crippen LogP contribution in [0.3, 0.4) is 0 Å². The van der Waals surface area contributed by atoms with Crippen LogP contribution in [0.25, 0.3) is 6.08 Å². The summed E-state index contributed by atoms with van der Waals surface area (Å²) < 4.78 is 10.5. The van der Waals surface area contributed by atoms with Gasteiger partial charge in [-0.15, -0.1) is 0 Å². The van der Waals surface area contributed by atoms with Crippen LogP contribution >= 0.6 is 11.6 Å². The second-order valence-electron chi connectivity index (χ2n) is 5.53. The minimum absolute atomic E-state index is 0.109. The molecule has 8 heteroatoms. The summed E-state index contributed by atoms with van der Waals surface area (Å²) in [6.07, 6.45) is 2.90. The summed E-state index contributed by atoms with van der Waals surface area (Å²) in [5, 5.41) is 9.34. The molecule has 2 rings (SSSR count). The number of hydrogen-bond donors (Lipinski definition) is 1. The highest BCUT2D eigenvalue weighted by molar-refractivity contribution is 6.32. The van der Waals surface area contributed by atoms with Gasteiger partial charge in [-0.05, 0) is 37.9 Å². The molecule has 7 nitrogen and oxygen atoms in total. The van der Waals surface area contributed by atoms with Crippen molar-refractivity contribution in [2.75, 3.05) is 40.5 Å². The summed E-state index contributed by atoms with van der Waals surface area (Å²) in [6.45, 7) is 0.657. The molecule has 0 bridgehead atoms. The monoisotopic (exact) mass is 354 g/mol. The lowest BCUT2D eigenvalue weighted by molar-refractivity contribution is -0.142. The van der Waals surface area contributed by atoms with E-state index in [-0.39, 0.29) is 19.2 Å². The van der Waals surface area contributed by atoms with Crippen LogP contribution in [0.15, 0.2) is 18.2 Å². The molecule has 0 saturated carbocycles. The molecule has 1 aromatic rings. The largest absolute Gasteiger partial charge is 0.480 e. The van der Waals surface area contributed by atoms with Crippen molar-refractivity contribution >= 4 is 29.6 Å². The maximum atomic E-state index is 12.3. The second kappa shape index (κ2) is 8.03. The average molecular weight is 355 g/mol. The molecule has 1 amide bonds. The fourth-order valence-corrected chi connectivity index (χ4v) is 2.38. The maximum Gasteiger partial charge on any atom is 0.323 e. The minimum Gasteiger partial charge on any atom is -0.480 e. The number of ether oxygens (including phenoxy) is 2. The number of rotatable bonds is 7. The van der Waals surface area contributed by atoms with Gasteiger partial charge in [-0.3, -0.25) is 9.59 Å². The van der Waals surface area contributed by atoms with Crippen LogP contribution in [0, 0.1) is 0 Å². The summed E-state index contributed by atoms with van der Waals surface area (Å²) in [4.78, 5) is 26.3. The quantitative estimate of drug-likeness (QED) is 0.748. The lowest BCUT2D eigenvalue weighted by atomic mass is 10.2. The average Bonchev–Trinajstić information content (AvgIpc) is 2.97. The van der Waals surface area contributed by atoms with E-state index in [0.717, 1.165) is 0 Å². The van der Waals surface area contributed by atoms with E-state index in [9.17, 15) is 9.59 Å². The Morgan fingerprint density at radius 2 is 2.04 bits per heavy atom. The number of carboxylic acid groups (broad SMARTS) is 1. The predicted octanol–water partition coefficient (Wildman–Crippen LogP) is 1.56. The third-order valence-corrected chi connectivity index (χ3v) is 3.60. The number of amides is 1. The van der Waals surface area contributed by atoms with E-state index >= 15 is 0 Å². The first kappa shape index (κ1) is 18.1. The summed E-state index contributed by atoms with van der Waals surface area (Å²) in [5.74, 6) is -0.433. The Hall–Kier alpha value is -2.25. The van der Waals surface area contributed by atoms with Gasteiger partial charge in [-0.1, -0.05) is 11.6 Å². The van der Waals surface area contributed by atoms with Gasteiger partial charge >= 0.3 is 5.97 Å². The van der Waals surface area contributed by atoms with Crippen molar-refractivity contribution in [1.82, 2.24) is 9.80 Å². The number of hydrogen-bond acceptors (Lipinski definition) is 5. The highest BCUT2D eigenvalue weighted by atomic mass is 35.5. The number of benzene rings is 1. The highest BCUT2D eigenvalue weighted by Crippen LogP contribution is 2.40. The lowest BCUT2D eigenvalue weighted by Gasteiger charge is -2.21. The first-order valence-corrected chi connectivity index (χ1v) is 7.67. The SMILES string of the molecule is CN(C)CCN(CC(=O)O)C(=O)C=Cc1cc(Cl)c2c(c1)OCO2. The van der Waals surface area contributed by atoms with Crippen LogP contribution in [-0.4, -0.2) is 67.3 Å². The molecule has 1 N–H and O–H groups in total. The fourth-order valence-electron chi connectivity index (χ4n) is 2.11. The molecule has 1 aliphatic rings. The molecule has 1 heterocycles. The molecular weight excluding hydrogens is 336 g/mol. The number of carbonyl (C=O) groups is 2. The van der Waals surface area contributed by atoms with E-state index in [2.05, 4.69) is 0 Å². The van der Waals surface area contributed by atoms with E-state index in [4.69, 9.17) is 26.2 Å².